The van der Waals surface area contributed by atoms with Gasteiger partial charge in [0.25, 0.3) is 5.91 Å². The summed E-state index contributed by atoms with van der Waals surface area (Å²) in [5.41, 5.74) is 1.85. The van der Waals surface area contributed by atoms with Crippen molar-refractivity contribution in [2.24, 2.45) is 0 Å². The van der Waals surface area contributed by atoms with Crippen LogP contribution in [0.15, 0.2) is 36.9 Å². The van der Waals surface area contributed by atoms with Crippen molar-refractivity contribution in [2.75, 3.05) is 13.6 Å². The van der Waals surface area contributed by atoms with Gasteiger partial charge in [-0.05, 0) is 24.1 Å². The van der Waals surface area contributed by atoms with Gasteiger partial charge in [-0.25, -0.2) is 0 Å². The summed E-state index contributed by atoms with van der Waals surface area (Å²) in [6.45, 7) is 0.594. The first-order chi connectivity index (χ1) is 9.22. The van der Waals surface area contributed by atoms with E-state index in [2.05, 4.69) is 9.97 Å². The third-order valence-corrected chi connectivity index (χ3v) is 2.92. The summed E-state index contributed by atoms with van der Waals surface area (Å²) in [4.78, 5) is 20.7. The third-order valence-electron chi connectivity index (χ3n) is 2.92. The molecule has 0 saturated heterocycles. The standard InChI is InChI=1S/C14H14N4O/c1-18(7-4-11-2-5-16-9-11)14(19)13-10-17-6-3-12(13)8-15/h2-3,5-6,9-10,16H,4,7H2,1H3. The molecule has 0 atom stereocenters. The Morgan fingerprint density at radius 1 is 1.53 bits per heavy atom. The maximum absolute atomic E-state index is 12.2. The van der Waals surface area contributed by atoms with Gasteiger partial charge in [-0.2, -0.15) is 5.26 Å². The van der Waals surface area contributed by atoms with Gasteiger partial charge in [0.1, 0.15) is 6.07 Å². The largest absolute Gasteiger partial charge is 0.367 e. The monoisotopic (exact) mass is 254 g/mol. The lowest BCUT2D eigenvalue weighted by molar-refractivity contribution is 0.0796. The van der Waals surface area contributed by atoms with Crippen LogP contribution in [0.4, 0.5) is 0 Å². The van der Waals surface area contributed by atoms with Gasteiger partial charge in [-0.1, -0.05) is 0 Å². The molecule has 0 unspecified atom stereocenters. The van der Waals surface area contributed by atoms with Crippen LogP contribution in [0.5, 0.6) is 0 Å². The third kappa shape index (κ3) is 2.99. The number of likely N-dealkylation sites (N-methyl/N-ethyl adjacent to an activating group) is 1. The molecule has 96 valence electrons. The lowest BCUT2D eigenvalue weighted by Gasteiger charge is -2.17. The maximum atomic E-state index is 12.2. The van der Waals surface area contributed by atoms with Crippen LogP contribution in [0.2, 0.25) is 0 Å². The number of aromatic amines is 1. The molecule has 1 N–H and O–H groups in total. The second-order valence-electron chi connectivity index (χ2n) is 4.23. The summed E-state index contributed by atoms with van der Waals surface area (Å²) >= 11 is 0. The van der Waals surface area contributed by atoms with Gasteiger partial charge in [-0.15, -0.1) is 0 Å². The second kappa shape index (κ2) is 5.83. The Morgan fingerprint density at radius 3 is 3.05 bits per heavy atom. The number of pyridine rings is 1. The zero-order chi connectivity index (χ0) is 13.7. The first-order valence-corrected chi connectivity index (χ1v) is 5.93. The highest BCUT2D eigenvalue weighted by atomic mass is 16.2. The van der Waals surface area contributed by atoms with Gasteiger partial charge >= 0.3 is 0 Å². The molecule has 0 aliphatic heterocycles. The Bertz CT molecular complexity index is 598. The molecule has 5 nitrogen and oxygen atoms in total. The molecule has 0 radical (unpaired) electrons. The van der Waals surface area contributed by atoms with E-state index in [4.69, 9.17) is 5.26 Å². The Kier molecular flexibility index (Phi) is 3.94. The smallest absolute Gasteiger partial charge is 0.256 e. The SMILES string of the molecule is CN(CCc1cc[nH]c1)C(=O)c1cnccc1C#N. The molecule has 2 aromatic heterocycles. The van der Waals surface area contributed by atoms with Crippen LogP contribution in [0.3, 0.4) is 0 Å². The molecule has 0 fully saturated rings. The minimum atomic E-state index is -0.180. The first kappa shape index (κ1) is 12.8. The van der Waals surface area contributed by atoms with Crippen LogP contribution < -0.4 is 0 Å². The van der Waals surface area contributed by atoms with Crippen LogP contribution in [0, 0.1) is 11.3 Å². The van der Waals surface area contributed by atoms with Crippen molar-refractivity contribution in [3.05, 3.63) is 53.6 Å². The van der Waals surface area contributed by atoms with Crippen molar-refractivity contribution < 1.29 is 4.79 Å². The summed E-state index contributed by atoms with van der Waals surface area (Å²) in [6.07, 6.45) is 7.48. The van der Waals surface area contributed by atoms with Gasteiger partial charge < -0.3 is 9.88 Å². The van der Waals surface area contributed by atoms with E-state index in [9.17, 15) is 4.79 Å². The number of nitriles is 1. The van der Waals surface area contributed by atoms with Crippen molar-refractivity contribution in [2.45, 2.75) is 6.42 Å². The maximum Gasteiger partial charge on any atom is 0.256 e. The number of hydrogen-bond acceptors (Lipinski definition) is 3. The van der Waals surface area contributed by atoms with E-state index in [0.29, 0.717) is 17.7 Å². The fourth-order valence-electron chi connectivity index (χ4n) is 1.78. The molecule has 0 bridgehead atoms. The quantitative estimate of drug-likeness (QED) is 0.900. The van der Waals surface area contributed by atoms with Crippen molar-refractivity contribution in [1.29, 1.82) is 5.26 Å². The fraction of sp³-hybridized carbons (Fsp3) is 0.214. The number of nitrogens with one attached hydrogen (secondary N) is 1. The molecule has 2 aromatic rings. The summed E-state index contributed by atoms with van der Waals surface area (Å²) in [6, 6.07) is 5.53. The van der Waals surface area contributed by atoms with Gasteiger partial charge in [0, 0.05) is 38.4 Å². The molecular weight excluding hydrogens is 240 g/mol. The minimum Gasteiger partial charge on any atom is -0.367 e. The number of carbonyl (C=O) groups is 1. The van der Waals surface area contributed by atoms with Gasteiger partial charge in [-0.3, -0.25) is 9.78 Å². The van der Waals surface area contributed by atoms with Crippen LogP contribution in [-0.2, 0) is 6.42 Å². The van der Waals surface area contributed by atoms with Gasteiger partial charge in [0.05, 0.1) is 11.1 Å². The molecule has 0 aliphatic rings. The molecular formula is C14H14N4O. The predicted molar refractivity (Wildman–Crippen MR) is 70.4 cm³/mol. The Morgan fingerprint density at radius 2 is 2.37 bits per heavy atom. The molecule has 0 aromatic carbocycles. The van der Waals surface area contributed by atoms with Gasteiger partial charge in [0.15, 0.2) is 0 Å². The number of rotatable bonds is 4. The molecule has 0 saturated carbocycles. The Balaban J connectivity index is 2.05. The Hall–Kier alpha value is -2.61. The number of H-pyrrole nitrogens is 1. The van der Waals surface area contributed by atoms with Crippen LogP contribution in [0.25, 0.3) is 0 Å². The molecule has 5 heteroatoms. The molecule has 2 rings (SSSR count). The van der Waals surface area contributed by atoms with Crippen LogP contribution in [0.1, 0.15) is 21.5 Å². The van der Waals surface area contributed by atoms with Crippen molar-refractivity contribution in [3.63, 3.8) is 0 Å². The van der Waals surface area contributed by atoms with Crippen LogP contribution in [-0.4, -0.2) is 34.4 Å². The number of aromatic nitrogens is 2. The molecule has 0 aliphatic carbocycles. The second-order valence-corrected chi connectivity index (χ2v) is 4.23. The Labute approximate surface area is 111 Å². The summed E-state index contributed by atoms with van der Waals surface area (Å²) in [7, 11) is 1.73. The lowest BCUT2D eigenvalue weighted by Crippen LogP contribution is -2.29. The predicted octanol–water partition coefficient (Wildman–Crippen LogP) is 1.60. The summed E-state index contributed by atoms with van der Waals surface area (Å²) in [5, 5.41) is 8.98. The van der Waals surface area contributed by atoms with E-state index in [1.165, 1.54) is 12.4 Å². The number of nitrogens with zero attached hydrogens (tertiary/aromatic N) is 3. The highest BCUT2D eigenvalue weighted by molar-refractivity contribution is 5.96. The fourth-order valence-corrected chi connectivity index (χ4v) is 1.78. The molecule has 0 spiro atoms. The number of hydrogen-bond donors (Lipinski definition) is 1. The first-order valence-electron chi connectivity index (χ1n) is 5.93. The molecule has 1 amide bonds. The average Bonchev–Trinajstić information content (AvgIpc) is 2.97. The van der Waals surface area contributed by atoms with E-state index in [0.717, 1.165) is 12.0 Å². The molecule has 19 heavy (non-hydrogen) atoms. The molecule has 2 heterocycles. The summed E-state index contributed by atoms with van der Waals surface area (Å²) < 4.78 is 0. The zero-order valence-corrected chi connectivity index (χ0v) is 10.6. The summed E-state index contributed by atoms with van der Waals surface area (Å²) in [5.74, 6) is -0.180. The number of amides is 1. The van der Waals surface area contributed by atoms with E-state index >= 15 is 0 Å². The highest BCUT2D eigenvalue weighted by Gasteiger charge is 2.15. The van der Waals surface area contributed by atoms with E-state index < -0.39 is 0 Å². The van der Waals surface area contributed by atoms with Crippen molar-refractivity contribution in [1.82, 2.24) is 14.9 Å². The van der Waals surface area contributed by atoms with E-state index in [-0.39, 0.29) is 5.91 Å². The normalized spacial score (nSPS) is 9.89. The minimum absolute atomic E-state index is 0.180. The highest BCUT2D eigenvalue weighted by Crippen LogP contribution is 2.09. The van der Waals surface area contributed by atoms with Crippen LogP contribution >= 0.6 is 0 Å². The topological polar surface area (TPSA) is 72.8 Å². The van der Waals surface area contributed by atoms with Gasteiger partial charge in [0.2, 0.25) is 0 Å². The van der Waals surface area contributed by atoms with Crippen molar-refractivity contribution in [3.8, 4) is 6.07 Å². The number of carbonyl (C=O) groups excluding carboxylic acids is 1. The van der Waals surface area contributed by atoms with Crippen molar-refractivity contribution >= 4 is 5.91 Å². The zero-order valence-electron chi connectivity index (χ0n) is 10.6. The van der Waals surface area contributed by atoms with E-state index in [1.54, 1.807) is 18.0 Å². The van der Waals surface area contributed by atoms with E-state index in [1.807, 2.05) is 24.5 Å². The average molecular weight is 254 g/mol. The lowest BCUT2D eigenvalue weighted by atomic mass is 10.1.